The van der Waals surface area contributed by atoms with Crippen molar-refractivity contribution in [3.8, 4) is 5.75 Å². The van der Waals surface area contributed by atoms with Gasteiger partial charge in [0.05, 0.1) is 18.8 Å². The summed E-state index contributed by atoms with van der Waals surface area (Å²) in [6.07, 6.45) is 4.25. The maximum atomic E-state index is 5.80. The van der Waals surface area contributed by atoms with E-state index in [1.54, 1.807) is 0 Å². The molecule has 0 bridgehead atoms. The first-order valence-corrected chi connectivity index (χ1v) is 7.95. The second-order valence-electron chi connectivity index (χ2n) is 6.12. The normalized spacial score (nSPS) is 22.6. The van der Waals surface area contributed by atoms with Crippen LogP contribution in [0.1, 0.15) is 50.3 Å². The van der Waals surface area contributed by atoms with Gasteiger partial charge in [0.2, 0.25) is 0 Å². The summed E-state index contributed by atoms with van der Waals surface area (Å²) in [5, 5.41) is 0. The molecule has 2 rings (SSSR count). The average molecular weight is 276 g/mol. The molecule has 0 aliphatic carbocycles. The molecule has 0 spiro atoms. The summed E-state index contributed by atoms with van der Waals surface area (Å²) < 4.78 is 11.5. The van der Waals surface area contributed by atoms with Crippen molar-refractivity contribution in [1.82, 2.24) is 0 Å². The van der Waals surface area contributed by atoms with Crippen LogP contribution in [0.25, 0.3) is 0 Å². The molecule has 1 aliphatic rings. The maximum Gasteiger partial charge on any atom is 0.122 e. The summed E-state index contributed by atoms with van der Waals surface area (Å²) in [6, 6.07) is 4.48. The Morgan fingerprint density at radius 1 is 1.20 bits per heavy atom. The van der Waals surface area contributed by atoms with E-state index in [0.29, 0.717) is 18.1 Å². The summed E-state index contributed by atoms with van der Waals surface area (Å²) in [5.74, 6) is 1.63. The molecule has 0 radical (unpaired) electrons. The molecule has 112 valence electrons. The van der Waals surface area contributed by atoms with E-state index in [1.807, 2.05) is 0 Å². The van der Waals surface area contributed by atoms with E-state index in [0.717, 1.165) is 31.6 Å². The van der Waals surface area contributed by atoms with Gasteiger partial charge < -0.3 is 9.47 Å². The minimum atomic E-state index is 0.468. The third-order valence-corrected chi connectivity index (χ3v) is 4.22. The number of aryl methyl sites for hydroxylation is 2. The third-order valence-electron chi connectivity index (χ3n) is 4.22. The van der Waals surface area contributed by atoms with Gasteiger partial charge in [0.25, 0.3) is 0 Å². The van der Waals surface area contributed by atoms with Crippen molar-refractivity contribution < 1.29 is 9.47 Å². The van der Waals surface area contributed by atoms with Gasteiger partial charge in [-0.3, -0.25) is 0 Å². The number of benzene rings is 1. The van der Waals surface area contributed by atoms with Crippen molar-refractivity contribution in [1.29, 1.82) is 0 Å². The molecule has 2 heteroatoms. The first-order valence-electron chi connectivity index (χ1n) is 7.95. The number of hydrogen-bond donors (Lipinski definition) is 0. The lowest BCUT2D eigenvalue weighted by Gasteiger charge is -2.15. The Bertz CT molecular complexity index is 453. The predicted octanol–water partition coefficient (Wildman–Crippen LogP) is 4.45. The van der Waals surface area contributed by atoms with Crippen LogP contribution in [0.5, 0.6) is 5.75 Å². The highest BCUT2D eigenvalue weighted by Crippen LogP contribution is 2.34. The second kappa shape index (κ2) is 6.62. The van der Waals surface area contributed by atoms with E-state index >= 15 is 0 Å². The zero-order valence-electron chi connectivity index (χ0n) is 13.5. The number of rotatable bonds is 7. The van der Waals surface area contributed by atoms with Crippen LogP contribution in [0.15, 0.2) is 12.1 Å². The first kappa shape index (κ1) is 15.4. The quantitative estimate of drug-likeness (QED) is 0.686. The molecule has 1 saturated heterocycles. The summed E-state index contributed by atoms with van der Waals surface area (Å²) in [5.41, 5.74) is 4.02. The monoisotopic (exact) mass is 276 g/mol. The van der Waals surface area contributed by atoms with E-state index < -0.39 is 0 Å². The van der Waals surface area contributed by atoms with E-state index in [1.165, 1.54) is 16.7 Å². The average Bonchev–Trinajstić information content (AvgIpc) is 3.20. The molecule has 0 aromatic heterocycles. The highest BCUT2D eigenvalue weighted by atomic mass is 16.6. The van der Waals surface area contributed by atoms with Crippen molar-refractivity contribution in [2.45, 2.75) is 66.1 Å². The molecule has 3 unspecified atom stereocenters. The zero-order chi connectivity index (χ0) is 14.7. The lowest BCUT2D eigenvalue weighted by atomic mass is 9.92. The Balaban J connectivity index is 2.03. The van der Waals surface area contributed by atoms with Crippen LogP contribution in [0, 0.1) is 19.8 Å². The van der Waals surface area contributed by atoms with Gasteiger partial charge in [0, 0.05) is 0 Å². The molecule has 0 amide bonds. The predicted molar refractivity (Wildman–Crippen MR) is 83.5 cm³/mol. The van der Waals surface area contributed by atoms with Gasteiger partial charge in [-0.25, -0.2) is 0 Å². The van der Waals surface area contributed by atoms with Crippen LogP contribution in [0.2, 0.25) is 0 Å². The summed E-state index contributed by atoms with van der Waals surface area (Å²) in [4.78, 5) is 0. The van der Waals surface area contributed by atoms with Crippen LogP contribution < -0.4 is 4.74 Å². The summed E-state index contributed by atoms with van der Waals surface area (Å²) >= 11 is 0. The van der Waals surface area contributed by atoms with E-state index in [9.17, 15) is 0 Å². The van der Waals surface area contributed by atoms with Crippen molar-refractivity contribution in [2.24, 2.45) is 5.92 Å². The Morgan fingerprint density at radius 2 is 1.95 bits per heavy atom. The van der Waals surface area contributed by atoms with E-state index in [4.69, 9.17) is 9.47 Å². The highest BCUT2D eigenvalue weighted by molar-refractivity contribution is 5.41. The molecule has 1 fully saturated rings. The maximum absolute atomic E-state index is 5.80. The van der Waals surface area contributed by atoms with Crippen LogP contribution in [-0.4, -0.2) is 18.8 Å². The molecule has 1 aromatic carbocycles. The van der Waals surface area contributed by atoms with Crippen LogP contribution in [0.4, 0.5) is 0 Å². The van der Waals surface area contributed by atoms with Gasteiger partial charge in [-0.1, -0.05) is 26.8 Å². The highest BCUT2D eigenvalue weighted by Gasteiger charge is 2.41. The van der Waals surface area contributed by atoms with Gasteiger partial charge in [0.15, 0.2) is 0 Å². The fourth-order valence-corrected chi connectivity index (χ4v) is 2.89. The summed E-state index contributed by atoms with van der Waals surface area (Å²) in [7, 11) is 0. The molecule has 1 heterocycles. The largest absolute Gasteiger partial charge is 0.493 e. The fourth-order valence-electron chi connectivity index (χ4n) is 2.89. The van der Waals surface area contributed by atoms with E-state index in [-0.39, 0.29) is 0 Å². The van der Waals surface area contributed by atoms with Crippen LogP contribution in [0.3, 0.4) is 0 Å². The van der Waals surface area contributed by atoms with Gasteiger partial charge in [0.1, 0.15) is 5.75 Å². The van der Waals surface area contributed by atoms with Crippen molar-refractivity contribution in [3.05, 3.63) is 28.8 Å². The van der Waals surface area contributed by atoms with Crippen molar-refractivity contribution in [2.75, 3.05) is 6.61 Å². The van der Waals surface area contributed by atoms with Crippen LogP contribution >= 0.6 is 0 Å². The smallest absolute Gasteiger partial charge is 0.122 e. The molecular formula is C18H28O2. The third kappa shape index (κ3) is 3.54. The molecule has 0 saturated carbocycles. The van der Waals surface area contributed by atoms with Gasteiger partial charge in [-0.05, 0) is 61.8 Å². The van der Waals surface area contributed by atoms with Gasteiger partial charge >= 0.3 is 0 Å². The SMILES string of the molecule is CCCOc1cc(C)c(CC(C)C2OC2CC)cc1C. The first-order chi connectivity index (χ1) is 9.56. The van der Waals surface area contributed by atoms with Gasteiger partial charge in [-0.15, -0.1) is 0 Å². The van der Waals surface area contributed by atoms with Gasteiger partial charge in [-0.2, -0.15) is 0 Å². The molecule has 0 N–H and O–H groups in total. The molecule has 20 heavy (non-hydrogen) atoms. The Labute approximate surface area is 123 Å². The lowest BCUT2D eigenvalue weighted by molar-refractivity contribution is 0.314. The molecular weight excluding hydrogens is 248 g/mol. The standard InChI is InChI=1S/C18H28O2/c1-6-8-19-17-11-12(3)15(9-13(17)4)10-14(5)18-16(7-2)20-18/h9,11,14,16,18H,6-8,10H2,1-5H3. The summed E-state index contributed by atoms with van der Waals surface area (Å²) in [6.45, 7) is 11.8. The van der Waals surface area contributed by atoms with Crippen molar-refractivity contribution in [3.63, 3.8) is 0 Å². The Kier molecular flexibility index (Phi) is 5.09. The Hall–Kier alpha value is -1.02. The number of ether oxygens (including phenoxy) is 2. The molecule has 2 nitrogen and oxygen atoms in total. The zero-order valence-corrected chi connectivity index (χ0v) is 13.5. The molecule has 1 aromatic rings. The Morgan fingerprint density at radius 3 is 2.55 bits per heavy atom. The van der Waals surface area contributed by atoms with E-state index in [2.05, 4.69) is 46.8 Å². The molecule has 1 aliphatic heterocycles. The van der Waals surface area contributed by atoms with Crippen LogP contribution in [-0.2, 0) is 11.2 Å². The number of hydrogen-bond acceptors (Lipinski definition) is 2. The fraction of sp³-hybridized carbons (Fsp3) is 0.667. The minimum absolute atomic E-state index is 0.468. The minimum Gasteiger partial charge on any atom is -0.493 e. The second-order valence-corrected chi connectivity index (χ2v) is 6.12. The molecule has 3 atom stereocenters. The lowest BCUT2D eigenvalue weighted by Crippen LogP contribution is -2.11. The van der Waals surface area contributed by atoms with Crippen molar-refractivity contribution >= 4 is 0 Å². The number of epoxide rings is 1. The topological polar surface area (TPSA) is 21.8 Å².